The highest BCUT2D eigenvalue weighted by molar-refractivity contribution is 7.24. The molecule has 2 radical (unpaired) electrons. The van der Waals surface area contributed by atoms with Crippen LogP contribution in [0.2, 0.25) is 0 Å². The topological polar surface area (TPSA) is 98.4 Å². The Morgan fingerprint density at radius 2 is 1.21 bits per heavy atom. The molecule has 0 fully saturated rings. The van der Waals surface area contributed by atoms with E-state index in [1.54, 1.807) is 55.4 Å². The molecular weight excluding hydrogens is 472 g/mol. The van der Waals surface area contributed by atoms with Crippen molar-refractivity contribution in [1.82, 2.24) is 10.1 Å². The van der Waals surface area contributed by atoms with Gasteiger partial charge in [0, 0.05) is 27.6 Å². The number of amidine groups is 2. The predicted molar refractivity (Wildman–Crippen MR) is 132 cm³/mol. The van der Waals surface area contributed by atoms with Crippen LogP contribution in [0.3, 0.4) is 0 Å². The Labute approximate surface area is 207 Å². The molecule has 2 aromatic rings. The van der Waals surface area contributed by atoms with Gasteiger partial charge in [-0.25, -0.2) is 9.48 Å². The maximum Gasteiger partial charge on any atom is 0.363 e. The zero-order chi connectivity index (χ0) is 25.4. The van der Waals surface area contributed by atoms with E-state index in [4.69, 9.17) is 0 Å². The SMILES string of the molecule is CC1(C)N([O])C(C#Cc2sc(C#CC3=[N+]([O-])C(C)(C)C(C)(C)N3[O])c3sccc23)=[N+]([O-])C1(C)C. The molecule has 2 aromatic heterocycles. The van der Waals surface area contributed by atoms with E-state index in [-0.39, 0.29) is 11.7 Å². The highest BCUT2D eigenvalue weighted by Crippen LogP contribution is 2.38. The summed E-state index contributed by atoms with van der Waals surface area (Å²) < 4.78 is 2.24. The average molecular weight is 499 g/mol. The molecule has 0 bridgehead atoms. The minimum atomic E-state index is -0.934. The Hall–Kier alpha value is -2.76. The summed E-state index contributed by atoms with van der Waals surface area (Å²) in [5, 5.41) is 55.1. The molecule has 34 heavy (non-hydrogen) atoms. The highest BCUT2D eigenvalue weighted by Gasteiger charge is 2.60. The Kier molecular flexibility index (Phi) is 5.28. The normalized spacial score (nSPS) is 22.2. The molecule has 2 aliphatic rings. The summed E-state index contributed by atoms with van der Waals surface area (Å²) in [4.78, 5) is 1.33. The molecule has 4 rings (SSSR count). The molecule has 10 heteroatoms. The van der Waals surface area contributed by atoms with Gasteiger partial charge in [-0.05, 0) is 78.7 Å². The Morgan fingerprint density at radius 1 is 0.765 bits per heavy atom. The number of thiophene rings is 2. The number of hydrogen-bond acceptors (Lipinski definition) is 6. The van der Waals surface area contributed by atoms with Gasteiger partial charge in [-0.1, -0.05) is 10.1 Å². The van der Waals surface area contributed by atoms with E-state index < -0.39 is 22.2 Å². The summed E-state index contributed by atoms with van der Waals surface area (Å²) in [6.07, 6.45) is 0. The van der Waals surface area contributed by atoms with Crippen molar-refractivity contribution in [3.8, 4) is 23.7 Å². The maximum absolute atomic E-state index is 12.8. The summed E-state index contributed by atoms with van der Waals surface area (Å²) in [6.45, 7) is 13.8. The first-order valence-corrected chi connectivity index (χ1v) is 12.4. The number of rotatable bonds is 0. The van der Waals surface area contributed by atoms with Crippen molar-refractivity contribution < 1.29 is 19.9 Å². The zero-order valence-corrected chi connectivity index (χ0v) is 22.0. The number of hydrogen-bond donors (Lipinski definition) is 0. The van der Waals surface area contributed by atoms with Gasteiger partial charge in [-0.3, -0.25) is 0 Å². The van der Waals surface area contributed by atoms with Crippen LogP contribution in [-0.2, 0) is 10.4 Å². The lowest BCUT2D eigenvalue weighted by atomic mass is 9.84. The van der Waals surface area contributed by atoms with E-state index in [9.17, 15) is 20.8 Å². The lowest BCUT2D eigenvalue weighted by Crippen LogP contribution is -2.53. The van der Waals surface area contributed by atoms with Crippen LogP contribution in [0.25, 0.3) is 10.1 Å². The van der Waals surface area contributed by atoms with Crippen molar-refractivity contribution in [2.75, 3.05) is 0 Å². The fraction of sp³-hybridized carbons (Fsp3) is 0.500. The van der Waals surface area contributed by atoms with Gasteiger partial charge in [0.15, 0.2) is 11.1 Å². The van der Waals surface area contributed by atoms with Crippen LogP contribution in [0.1, 0.15) is 65.1 Å². The molecule has 0 spiro atoms. The second-order valence-corrected chi connectivity index (χ2v) is 12.4. The summed E-state index contributed by atoms with van der Waals surface area (Å²) in [7, 11) is 0. The molecule has 178 valence electrons. The summed E-state index contributed by atoms with van der Waals surface area (Å²) in [6, 6.07) is 1.90. The number of nitrogens with zero attached hydrogens (tertiary/aromatic N) is 4. The minimum absolute atomic E-state index is 0.129. The van der Waals surface area contributed by atoms with Crippen LogP contribution in [0.15, 0.2) is 11.4 Å². The standard InChI is InChI=1S/C24H26N4O4S2/c1-21(2)22(3,4)26(30)18(25(21)29)11-9-16-15-13-14-33-20(15)17(34-16)10-12-19-27(31)23(5,6)24(7,8)28(19)32/h13-14H,1-8H3. The summed E-state index contributed by atoms with van der Waals surface area (Å²) in [5.41, 5.74) is -3.73. The third kappa shape index (κ3) is 3.06. The molecule has 0 saturated carbocycles. The van der Waals surface area contributed by atoms with Crippen LogP contribution in [-0.4, -0.2) is 53.4 Å². The molecule has 0 atom stereocenters. The van der Waals surface area contributed by atoms with Gasteiger partial charge in [0.1, 0.15) is 11.1 Å². The molecule has 0 unspecified atom stereocenters. The van der Waals surface area contributed by atoms with E-state index in [0.29, 0.717) is 29.4 Å². The molecule has 0 aromatic carbocycles. The van der Waals surface area contributed by atoms with E-state index >= 15 is 0 Å². The molecule has 0 saturated heterocycles. The molecule has 2 aliphatic heterocycles. The third-order valence-corrected chi connectivity index (χ3v) is 9.79. The van der Waals surface area contributed by atoms with Crippen LogP contribution < -0.4 is 0 Å². The Bertz CT molecular complexity index is 1290. The van der Waals surface area contributed by atoms with Crippen molar-refractivity contribution in [2.45, 2.75) is 77.5 Å². The number of fused-ring (bicyclic) bond motifs is 1. The largest absolute Gasteiger partial charge is 0.714 e. The predicted octanol–water partition coefficient (Wildman–Crippen LogP) is 3.92. The van der Waals surface area contributed by atoms with Crippen LogP contribution in [0.4, 0.5) is 0 Å². The first-order valence-electron chi connectivity index (χ1n) is 10.7. The van der Waals surface area contributed by atoms with Gasteiger partial charge in [0.05, 0.1) is 14.5 Å². The maximum atomic E-state index is 12.8. The first-order chi connectivity index (χ1) is 15.6. The Balaban J connectivity index is 1.75. The van der Waals surface area contributed by atoms with E-state index in [1.807, 2.05) is 11.4 Å². The molecule has 0 N–H and O–H groups in total. The van der Waals surface area contributed by atoms with Crippen LogP contribution in [0, 0.1) is 34.1 Å². The van der Waals surface area contributed by atoms with Crippen LogP contribution in [0.5, 0.6) is 0 Å². The average Bonchev–Trinajstić information content (AvgIpc) is 3.41. The summed E-state index contributed by atoms with van der Waals surface area (Å²) in [5.74, 6) is 11.3. The zero-order valence-electron chi connectivity index (χ0n) is 20.4. The quantitative estimate of drug-likeness (QED) is 0.312. The van der Waals surface area contributed by atoms with Crippen LogP contribution >= 0.6 is 22.7 Å². The van der Waals surface area contributed by atoms with Gasteiger partial charge in [0.2, 0.25) is 0 Å². The second-order valence-electron chi connectivity index (χ2n) is 10.5. The third-order valence-electron chi connectivity index (χ3n) is 7.69. The van der Waals surface area contributed by atoms with E-state index in [0.717, 1.165) is 10.1 Å². The van der Waals surface area contributed by atoms with Gasteiger partial charge in [-0.2, -0.15) is 0 Å². The van der Waals surface area contributed by atoms with Crippen molar-refractivity contribution in [3.63, 3.8) is 0 Å². The number of hydroxylamine groups is 6. The lowest BCUT2D eigenvalue weighted by Gasteiger charge is -2.32. The monoisotopic (exact) mass is 498 g/mol. The fourth-order valence-corrected chi connectivity index (χ4v) is 5.71. The van der Waals surface area contributed by atoms with Gasteiger partial charge in [-0.15, -0.1) is 22.7 Å². The molecule has 0 amide bonds. The van der Waals surface area contributed by atoms with Gasteiger partial charge >= 0.3 is 11.7 Å². The molecule has 8 nitrogen and oxygen atoms in total. The minimum Gasteiger partial charge on any atom is -0.714 e. The van der Waals surface area contributed by atoms with Crippen molar-refractivity contribution in [2.24, 2.45) is 0 Å². The summed E-state index contributed by atoms with van der Waals surface area (Å²) >= 11 is 2.78. The van der Waals surface area contributed by atoms with E-state index in [2.05, 4.69) is 23.7 Å². The fourth-order valence-electron chi connectivity index (χ4n) is 3.69. The van der Waals surface area contributed by atoms with Crippen molar-refractivity contribution >= 4 is 44.4 Å². The lowest BCUT2D eigenvalue weighted by molar-refractivity contribution is -0.539. The Morgan fingerprint density at radius 3 is 1.62 bits per heavy atom. The van der Waals surface area contributed by atoms with Gasteiger partial charge in [0.25, 0.3) is 0 Å². The highest BCUT2D eigenvalue weighted by atomic mass is 32.1. The van der Waals surface area contributed by atoms with Crippen molar-refractivity contribution in [3.05, 3.63) is 31.6 Å². The first kappa shape index (κ1) is 24.4. The molecule has 4 heterocycles. The second kappa shape index (κ2) is 7.37. The van der Waals surface area contributed by atoms with E-state index in [1.165, 1.54) is 22.7 Å². The molecular formula is C24H26N4O4S2. The smallest absolute Gasteiger partial charge is 0.363 e. The molecule has 0 aliphatic carbocycles. The van der Waals surface area contributed by atoms with Gasteiger partial charge < -0.3 is 10.4 Å². The van der Waals surface area contributed by atoms with Crippen molar-refractivity contribution in [1.29, 1.82) is 0 Å².